The number of rotatable bonds is 5. The second-order valence-corrected chi connectivity index (χ2v) is 6.75. The minimum atomic E-state index is 0.266. The molecule has 0 saturated carbocycles. The zero-order chi connectivity index (χ0) is 17.9. The number of nitrogens with zero attached hydrogens (tertiary/aromatic N) is 4. The van der Waals surface area contributed by atoms with E-state index < -0.39 is 0 Å². The molecule has 6 nitrogen and oxygen atoms in total. The molecule has 7 heteroatoms. The lowest BCUT2D eigenvalue weighted by atomic mass is 10.2. The molecule has 2 heterocycles. The maximum atomic E-state index is 5.14. The number of methoxy groups -OCH3 is 2. The summed E-state index contributed by atoms with van der Waals surface area (Å²) in [7, 11) is 3.07. The van der Waals surface area contributed by atoms with Crippen LogP contribution in [-0.4, -0.2) is 35.7 Å². The molecule has 0 N–H and O–H groups in total. The highest BCUT2D eigenvalue weighted by Gasteiger charge is 2.23. The number of anilines is 2. The molecule has 0 radical (unpaired) electrons. The van der Waals surface area contributed by atoms with Crippen LogP contribution in [0.1, 0.15) is 5.82 Å². The van der Waals surface area contributed by atoms with E-state index in [0.29, 0.717) is 12.2 Å². The minimum Gasteiger partial charge on any atom is -0.467 e. The molecule has 0 atom stereocenters. The summed E-state index contributed by atoms with van der Waals surface area (Å²) in [6.45, 7) is 0.741. The third-order valence-corrected chi connectivity index (χ3v) is 5.23. The largest absolute Gasteiger partial charge is 0.467 e. The Morgan fingerprint density at radius 3 is 1.88 bits per heavy atom. The van der Waals surface area contributed by atoms with Crippen LogP contribution in [0.2, 0.25) is 0 Å². The molecule has 2 aromatic carbocycles. The quantitative estimate of drug-likeness (QED) is 0.682. The lowest BCUT2D eigenvalue weighted by Crippen LogP contribution is -2.24. The molecular weight excluding hydrogens is 348 g/mol. The van der Waals surface area contributed by atoms with Crippen LogP contribution >= 0.6 is 11.8 Å². The Morgan fingerprint density at radius 1 is 0.808 bits per heavy atom. The van der Waals surface area contributed by atoms with Crippen LogP contribution < -0.4 is 14.4 Å². The van der Waals surface area contributed by atoms with Gasteiger partial charge in [0.2, 0.25) is 0 Å². The molecule has 0 spiro atoms. The van der Waals surface area contributed by atoms with Crippen molar-refractivity contribution in [2.45, 2.75) is 16.2 Å². The van der Waals surface area contributed by atoms with Gasteiger partial charge in [0.15, 0.2) is 0 Å². The van der Waals surface area contributed by atoms with Gasteiger partial charge >= 0.3 is 12.0 Å². The molecular formula is C19H18N4O2S. The van der Waals surface area contributed by atoms with Gasteiger partial charge in [-0.3, -0.25) is 0 Å². The van der Waals surface area contributed by atoms with Crippen molar-refractivity contribution in [1.82, 2.24) is 15.0 Å². The molecule has 0 bridgehead atoms. The summed E-state index contributed by atoms with van der Waals surface area (Å²) in [5.41, 5.74) is 2.40. The number of hydrogen-bond acceptors (Lipinski definition) is 7. The van der Waals surface area contributed by atoms with Crippen molar-refractivity contribution in [3.63, 3.8) is 0 Å². The predicted octanol–water partition coefficient (Wildman–Crippen LogP) is 3.73. The number of benzene rings is 2. The molecule has 4 rings (SSSR count). The average molecular weight is 366 g/mol. The number of aromatic nitrogens is 3. The Labute approximate surface area is 156 Å². The van der Waals surface area contributed by atoms with Gasteiger partial charge in [-0.15, -0.1) is 4.98 Å². The molecule has 1 aliphatic rings. The second kappa shape index (κ2) is 7.21. The SMILES string of the molecule is COc1nc(CCN2c3ccccc3Sc3ccccc32)nc(OC)n1. The predicted molar refractivity (Wildman–Crippen MR) is 101 cm³/mol. The lowest BCUT2D eigenvalue weighted by molar-refractivity contribution is 0.336. The molecule has 0 saturated heterocycles. The van der Waals surface area contributed by atoms with Crippen molar-refractivity contribution in [3.05, 3.63) is 54.4 Å². The Balaban J connectivity index is 1.65. The summed E-state index contributed by atoms with van der Waals surface area (Å²) < 4.78 is 10.3. The number of para-hydroxylation sites is 2. The maximum Gasteiger partial charge on any atom is 0.322 e. The van der Waals surface area contributed by atoms with Gasteiger partial charge in [-0.2, -0.15) is 9.97 Å². The van der Waals surface area contributed by atoms with E-state index in [0.717, 1.165) is 6.54 Å². The van der Waals surface area contributed by atoms with Gasteiger partial charge in [-0.25, -0.2) is 0 Å². The van der Waals surface area contributed by atoms with Gasteiger partial charge < -0.3 is 14.4 Å². The van der Waals surface area contributed by atoms with Crippen molar-refractivity contribution >= 4 is 23.1 Å². The summed E-state index contributed by atoms with van der Waals surface area (Å²) in [6.07, 6.45) is 0.641. The molecule has 1 aromatic heterocycles. The molecule has 26 heavy (non-hydrogen) atoms. The van der Waals surface area contributed by atoms with Crippen LogP contribution in [0.15, 0.2) is 58.3 Å². The number of ether oxygens (including phenoxy) is 2. The fourth-order valence-electron chi connectivity index (χ4n) is 2.91. The van der Waals surface area contributed by atoms with Crippen LogP contribution in [0.5, 0.6) is 12.0 Å². The first kappa shape index (κ1) is 16.7. The summed E-state index contributed by atoms with van der Waals surface area (Å²) in [6, 6.07) is 17.4. The zero-order valence-corrected chi connectivity index (χ0v) is 15.4. The highest BCUT2D eigenvalue weighted by Crippen LogP contribution is 2.47. The van der Waals surface area contributed by atoms with E-state index in [-0.39, 0.29) is 12.0 Å². The van der Waals surface area contributed by atoms with Gasteiger partial charge in [0, 0.05) is 22.8 Å². The highest BCUT2D eigenvalue weighted by molar-refractivity contribution is 7.99. The van der Waals surface area contributed by atoms with E-state index in [9.17, 15) is 0 Å². The molecule has 0 fully saturated rings. The Hall–Kier alpha value is -2.80. The van der Waals surface area contributed by atoms with Gasteiger partial charge in [-0.1, -0.05) is 36.0 Å². The fourth-order valence-corrected chi connectivity index (χ4v) is 4.00. The Morgan fingerprint density at radius 2 is 1.35 bits per heavy atom. The van der Waals surface area contributed by atoms with Crippen molar-refractivity contribution in [2.75, 3.05) is 25.7 Å². The molecule has 3 aromatic rings. The summed E-state index contributed by atoms with van der Waals surface area (Å²) >= 11 is 1.80. The van der Waals surface area contributed by atoms with E-state index in [1.165, 1.54) is 35.4 Å². The zero-order valence-electron chi connectivity index (χ0n) is 14.5. The van der Waals surface area contributed by atoms with E-state index in [1.807, 2.05) is 0 Å². The highest BCUT2D eigenvalue weighted by atomic mass is 32.2. The third-order valence-electron chi connectivity index (χ3n) is 4.10. The first-order valence-electron chi connectivity index (χ1n) is 8.25. The summed E-state index contributed by atoms with van der Waals surface area (Å²) in [5.74, 6) is 0.641. The van der Waals surface area contributed by atoms with Crippen LogP contribution in [0.4, 0.5) is 11.4 Å². The van der Waals surface area contributed by atoms with Gasteiger partial charge in [0.05, 0.1) is 25.6 Å². The number of fused-ring (bicyclic) bond motifs is 2. The molecule has 132 valence electrons. The fraction of sp³-hybridized carbons (Fsp3) is 0.211. The van der Waals surface area contributed by atoms with Crippen LogP contribution in [0.25, 0.3) is 0 Å². The molecule has 0 unspecified atom stereocenters. The van der Waals surface area contributed by atoms with Crippen LogP contribution in [-0.2, 0) is 6.42 Å². The first-order valence-corrected chi connectivity index (χ1v) is 9.06. The standard InChI is InChI=1S/C19H18N4O2S/c1-24-18-20-17(21-19(22-18)25-2)11-12-23-13-7-3-5-9-15(13)26-16-10-6-4-8-14(16)23/h3-10H,11-12H2,1-2H3. The molecule has 0 amide bonds. The van der Waals surface area contributed by atoms with Gasteiger partial charge in [0.25, 0.3) is 0 Å². The maximum absolute atomic E-state index is 5.14. The van der Waals surface area contributed by atoms with Crippen molar-refractivity contribution in [3.8, 4) is 12.0 Å². The van der Waals surface area contributed by atoms with Crippen molar-refractivity contribution in [1.29, 1.82) is 0 Å². The molecule has 0 aliphatic carbocycles. The van der Waals surface area contributed by atoms with Crippen LogP contribution in [0.3, 0.4) is 0 Å². The average Bonchev–Trinajstić information content (AvgIpc) is 2.70. The summed E-state index contributed by atoms with van der Waals surface area (Å²) in [4.78, 5) is 17.5. The van der Waals surface area contributed by atoms with E-state index in [2.05, 4.69) is 68.4 Å². The van der Waals surface area contributed by atoms with Gasteiger partial charge in [0.1, 0.15) is 5.82 Å². The monoisotopic (exact) mass is 366 g/mol. The smallest absolute Gasteiger partial charge is 0.322 e. The molecule has 1 aliphatic heterocycles. The van der Waals surface area contributed by atoms with E-state index in [1.54, 1.807) is 11.8 Å². The van der Waals surface area contributed by atoms with Crippen molar-refractivity contribution < 1.29 is 9.47 Å². The minimum absolute atomic E-state index is 0.266. The first-order chi connectivity index (χ1) is 12.8. The Bertz CT molecular complexity index is 867. The Kier molecular flexibility index (Phi) is 4.62. The lowest BCUT2D eigenvalue weighted by Gasteiger charge is -2.32. The van der Waals surface area contributed by atoms with Crippen LogP contribution in [0, 0.1) is 0 Å². The van der Waals surface area contributed by atoms with Crippen molar-refractivity contribution in [2.24, 2.45) is 0 Å². The van der Waals surface area contributed by atoms with Gasteiger partial charge in [-0.05, 0) is 24.3 Å². The summed E-state index contributed by atoms with van der Waals surface area (Å²) in [5, 5.41) is 0. The van der Waals surface area contributed by atoms with E-state index in [4.69, 9.17) is 9.47 Å². The number of hydrogen-bond donors (Lipinski definition) is 0. The van der Waals surface area contributed by atoms with E-state index >= 15 is 0 Å². The second-order valence-electron chi connectivity index (χ2n) is 5.66. The third kappa shape index (κ3) is 3.17. The normalized spacial score (nSPS) is 12.3. The topological polar surface area (TPSA) is 60.4 Å².